The number of hydrogen-bond acceptors (Lipinski definition) is 7. The molecule has 0 aliphatic carbocycles. The van der Waals surface area contributed by atoms with E-state index in [1.807, 2.05) is 36.4 Å². The van der Waals surface area contributed by atoms with Crippen LogP contribution in [0.3, 0.4) is 0 Å². The number of fused-ring (bicyclic) bond motifs is 1. The summed E-state index contributed by atoms with van der Waals surface area (Å²) in [5, 5.41) is 10.9. The summed E-state index contributed by atoms with van der Waals surface area (Å²) >= 11 is 0. The topological polar surface area (TPSA) is 145 Å². The summed E-state index contributed by atoms with van der Waals surface area (Å²) < 4.78 is 22.0. The maximum atomic E-state index is 14.6. The minimum Gasteiger partial charge on any atom is -0.473 e. The molecule has 12 heteroatoms. The van der Waals surface area contributed by atoms with Crippen molar-refractivity contribution in [2.24, 2.45) is 5.73 Å². The highest BCUT2D eigenvalue weighted by Gasteiger charge is 2.40. The number of hydrogen-bond donors (Lipinski definition) is 2. The van der Waals surface area contributed by atoms with Gasteiger partial charge in [0.15, 0.2) is 0 Å². The molecule has 3 amide bonds. The summed E-state index contributed by atoms with van der Waals surface area (Å²) in [6.07, 6.45) is 3.14. The van der Waals surface area contributed by atoms with Gasteiger partial charge in [-0.25, -0.2) is 4.39 Å². The third kappa shape index (κ3) is 6.09. The van der Waals surface area contributed by atoms with E-state index < -0.39 is 29.9 Å². The van der Waals surface area contributed by atoms with Crippen LogP contribution in [0.1, 0.15) is 22.3 Å². The van der Waals surface area contributed by atoms with Crippen molar-refractivity contribution in [3.63, 3.8) is 0 Å². The van der Waals surface area contributed by atoms with Gasteiger partial charge in [0.2, 0.25) is 17.7 Å². The Kier molecular flexibility index (Phi) is 7.96. The lowest BCUT2D eigenvalue weighted by atomic mass is 10.0. The van der Waals surface area contributed by atoms with Crippen LogP contribution in [0, 0.1) is 0 Å². The molecule has 2 aromatic carbocycles. The number of anilines is 1. The molecule has 2 atom stereocenters. The van der Waals surface area contributed by atoms with E-state index in [-0.39, 0.29) is 30.9 Å². The van der Waals surface area contributed by atoms with Crippen molar-refractivity contribution in [3.8, 4) is 17.0 Å². The molecule has 1 aliphatic rings. The predicted octanol–water partition coefficient (Wildman–Crippen LogP) is 3.75. The molecule has 0 spiro atoms. The van der Waals surface area contributed by atoms with E-state index in [4.69, 9.17) is 10.5 Å². The molecule has 1 aliphatic heterocycles. The molecule has 3 N–H and O–H groups in total. The standard InChI is InChI=1S/C32H28FN7O4/c33-23-14-27(32(43)38-28-7-4-8-29(37-28)44-19-20-5-2-1-3-6-20)40(16-23)30(41)18-39-17-25(31(34)42)24-13-21(9-10-26(24)39)22-11-12-35-36-15-22/h1-13,15,17,23,27H,14,16,18-19H2,(H2,34,42)(H,37,38,43)/t23-,27+/m1/s1. The molecule has 4 heterocycles. The molecule has 1 fully saturated rings. The molecule has 44 heavy (non-hydrogen) atoms. The molecule has 11 nitrogen and oxygen atoms in total. The number of pyridine rings is 1. The van der Waals surface area contributed by atoms with Crippen LogP contribution in [0.15, 0.2) is 91.4 Å². The number of amides is 3. The molecule has 0 unspecified atom stereocenters. The molecule has 1 saturated heterocycles. The number of nitrogens with two attached hydrogens (primary N) is 1. The second kappa shape index (κ2) is 12.3. The van der Waals surface area contributed by atoms with Crippen LogP contribution < -0.4 is 15.8 Å². The molecule has 0 bridgehead atoms. The number of carbonyl (C=O) groups excluding carboxylic acids is 3. The van der Waals surface area contributed by atoms with Crippen LogP contribution in [-0.2, 0) is 22.7 Å². The summed E-state index contributed by atoms with van der Waals surface area (Å²) in [5.41, 5.74) is 9.03. The number of primary amides is 1. The molecule has 6 rings (SSSR count). The smallest absolute Gasteiger partial charge is 0.250 e. The van der Waals surface area contributed by atoms with Crippen molar-refractivity contribution in [2.45, 2.75) is 31.8 Å². The molecule has 222 valence electrons. The zero-order valence-electron chi connectivity index (χ0n) is 23.5. The molecule has 5 aromatic rings. The number of likely N-dealkylation sites (tertiary alicyclic amines) is 1. The zero-order valence-corrected chi connectivity index (χ0v) is 23.5. The van der Waals surface area contributed by atoms with E-state index in [0.29, 0.717) is 23.4 Å². The van der Waals surface area contributed by atoms with Gasteiger partial charge in [-0.15, -0.1) is 0 Å². The largest absolute Gasteiger partial charge is 0.473 e. The summed E-state index contributed by atoms with van der Waals surface area (Å²) in [4.78, 5) is 44.6. The first-order valence-corrected chi connectivity index (χ1v) is 13.9. The average Bonchev–Trinajstić information content (AvgIpc) is 3.61. The van der Waals surface area contributed by atoms with Crippen molar-refractivity contribution in [2.75, 3.05) is 11.9 Å². The van der Waals surface area contributed by atoms with Gasteiger partial charge in [0.1, 0.15) is 31.2 Å². The Bertz CT molecular complexity index is 1830. The number of rotatable bonds is 9. The molecule has 3 aromatic heterocycles. The van der Waals surface area contributed by atoms with Gasteiger partial charge >= 0.3 is 0 Å². The third-order valence-corrected chi connectivity index (χ3v) is 7.45. The summed E-state index contributed by atoms with van der Waals surface area (Å²) in [7, 11) is 0. The van der Waals surface area contributed by atoms with Crippen molar-refractivity contribution in [3.05, 3.63) is 103 Å². The lowest BCUT2D eigenvalue weighted by Crippen LogP contribution is -2.44. The Morgan fingerprint density at radius 2 is 1.84 bits per heavy atom. The normalized spacial score (nSPS) is 16.2. The van der Waals surface area contributed by atoms with Crippen LogP contribution >= 0.6 is 0 Å². The fourth-order valence-corrected chi connectivity index (χ4v) is 5.32. The monoisotopic (exact) mass is 593 g/mol. The fraction of sp³-hybridized carbons (Fsp3) is 0.188. The van der Waals surface area contributed by atoms with E-state index in [0.717, 1.165) is 16.7 Å². The van der Waals surface area contributed by atoms with E-state index >= 15 is 0 Å². The van der Waals surface area contributed by atoms with Crippen molar-refractivity contribution in [1.29, 1.82) is 0 Å². The minimum atomic E-state index is -1.37. The number of benzene rings is 2. The van der Waals surface area contributed by atoms with E-state index in [9.17, 15) is 18.8 Å². The van der Waals surface area contributed by atoms with Gasteiger partial charge in [0.05, 0.1) is 24.5 Å². The van der Waals surface area contributed by atoms with E-state index in [2.05, 4.69) is 20.5 Å². The first kappa shape index (κ1) is 28.5. The van der Waals surface area contributed by atoms with E-state index in [1.54, 1.807) is 53.4 Å². The van der Waals surface area contributed by atoms with Crippen LogP contribution in [0.25, 0.3) is 22.0 Å². The van der Waals surface area contributed by atoms with Gasteiger partial charge in [0, 0.05) is 35.2 Å². The van der Waals surface area contributed by atoms with Crippen LogP contribution in [0.4, 0.5) is 10.2 Å². The van der Waals surface area contributed by atoms with Crippen LogP contribution in [0.2, 0.25) is 0 Å². The predicted molar refractivity (Wildman–Crippen MR) is 160 cm³/mol. The van der Waals surface area contributed by atoms with Gasteiger partial charge in [-0.3, -0.25) is 14.4 Å². The first-order chi connectivity index (χ1) is 21.4. The second-order valence-electron chi connectivity index (χ2n) is 10.4. The number of alkyl halides is 1. The molecular formula is C32H28FN7O4. The van der Waals surface area contributed by atoms with Gasteiger partial charge in [0.25, 0.3) is 5.91 Å². The van der Waals surface area contributed by atoms with E-state index in [1.165, 1.54) is 11.1 Å². The zero-order chi connectivity index (χ0) is 30.6. The Labute approximate surface area is 251 Å². The second-order valence-corrected chi connectivity index (χ2v) is 10.4. The highest BCUT2D eigenvalue weighted by molar-refractivity contribution is 6.07. The molecule has 0 saturated carbocycles. The van der Waals surface area contributed by atoms with Crippen LogP contribution in [0.5, 0.6) is 5.88 Å². The van der Waals surface area contributed by atoms with Gasteiger partial charge in [-0.2, -0.15) is 15.2 Å². The minimum absolute atomic E-state index is 0.149. The number of halogens is 1. The fourth-order valence-electron chi connectivity index (χ4n) is 5.32. The van der Waals surface area contributed by atoms with Crippen molar-refractivity contribution in [1.82, 2.24) is 24.6 Å². The number of carbonyl (C=O) groups is 3. The maximum Gasteiger partial charge on any atom is 0.250 e. The van der Waals surface area contributed by atoms with Crippen LogP contribution in [-0.4, -0.2) is 61.1 Å². The SMILES string of the molecule is NC(=O)c1cn(CC(=O)N2C[C@H](F)C[C@H]2C(=O)Nc2cccc(OCc3ccccc3)n2)c2ccc(-c3ccnnc3)cc12. The Hall–Kier alpha value is -5.65. The van der Waals surface area contributed by atoms with Gasteiger partial charge in [-0.1, -0.05) is 42.5 Å². The highest BCUT2D eigenvalue weighted by Crippen LogP contribution is 2.29. The quantitative estimate of drug-likeness (QED) is 0.265. The number of ether oxygens (including phenoxy) is 1. The lowest BCUT2D eigenvalue weighted by Gasteiger charge is -2.24. The Morgan fingerprint density at radius 3 is 2.61 bits per heavy atom. The van der Waals surface area contributed by atoms with Crippen molar-refractivity contribution >= 4 is 34.4 Å². The number of nitrogens with zero attached hydrogens (tertiary/aromatic N) is 5. The Balaban J connectivity index is 1.17. The average molecular weight is 594 g/mol. The third-order valence-electron chi connectivity index (χ3n) is 7.45. The summed E-state index contributed by atoms with van der Waals surface area (Å²) in [6.45, 7) is -0.156. The maximum absolute atomic E-state index is 14.6. The highest BCUT2D eigenvalue weighted by atomic mass is 19.1. The van der Waals surface area contributed by atoms with Crippen molar-refractivity contribution < 1.29 is 23.5 Å². The molecule has 0 radical (unpaired) electrons. The lowest BCUT2D eigenvalue weighted by molar-refractivity contribution is -0.137. The summed E-state index contributed by atoms with van der Waals surface area (Å²) in [6, 6.07) is 20.7. The van der Waals surface area contributed by atoms with Gasteiger partial charge < -0.3 is 25.3 Å². The summed E-state index contributed by atoms with van der Waals surface area (Å²) in [5.74, 6) is -1.16. The number of nitrogens with one attached hydrogen (secondary N) is 1. The molecular weight excluding hydrogens is 565 g/mol. The number of aromatic nitrogens is 4. The first-order valence-electron chi connectivity index (χ1n) is 13.9. The Morgan fingerprint density at radius 1 is 1.00 bits per heavy atom. The van der Waals surface area contributed by atoms with Gasteiger partial charge in [-0.05, 0) is 35.4 Å².